The van der Waals surface area contributed by atoms with Gasteiger partial charge in [-0.1, -0.05) is 0 Å². The van der Waals surface area contributed by atoms with Crippen LogP contribution in [-0.2, 0) is 0 Å². The average molecular weight is 271 g/mol. The number of aromatic amines is 1. The van der Waals surface area contributed by atoms with Crippen LogP contribution in [0, 0.1) is 6.92 Å². The Kier molecular flexibility index (Phi) is 5.41. The van der Waals surface area contributed by atoms with Gasteiger partial charge in [0.1, 0.15) is 5.56 Å². The van der Waals surface area contributed by atoms with E-state index in [0.29, 0.717) is 12.4 Å². The summed E-state index contributed by atoms with van der Waals surface area (Å²) < 4.78 is 0. The topological polar surface area (TPSA) is 53.2 Å². The minimum absolute atomic E-state index is 0.0430. The third-order valence-corrected chi connectivity index (χ3v) is 2.97. The van der Waals surface area contributed by atoms with Gasteiger partial charge in [-0.2, -0.15) is 0 Å². The summed E-state index contributed by atoms with van der Waals surface area (Å²) in [6.45, 7) is 6.19. The van der Waals surface area contributed by atoms with Crippen LogP contribution in [0.5, 0.6) is 0 Å². The van der Waals surface area contributed by atoms with Crippen molar-refractivity contribution in [2.24, 2.45) is 0 Å². The Morgan fingerprint density at radius 1 is 1.50 bits per heavy atom. The van der Waals surface area contributed by atoms with Crippen molar-refractivity contribution in [3.63, 3.8) is 0 Å². The number of rotatable bonds is 5. The van der Waals surface area contributed by atoms with E-state index in [4.69, 9.17) is 11.6 Å². The maximum absolute atomic E-state index is 12.3. The molecule has 100 valence electrons. The molecule has 0 fully saturated rings. The van der Waals surface area contributed by atoms with Crippen LogP contribution in [0.1, 0.15) is 36.3 Å². The number of H-pyrrole nitrogens is 1. The first-order valence-electron chi connectivity index (χ1n) is 6.03. The lowest BCUT2D eigenvalue weighted by Crippen LogP contribution is -2.40. The van der Waals surface area contributed by atoms with Gasteiger partial charge in [-0.25, -0.2) is 0 Å². The van der Waals surface area contributed by atoms with E-state index >= 15 is 0 Å². The number of nitrogens with zero attached hydrogens (tertiary/aromatic N) is 1. The number of nitrogens with one attached hydrogen (secondary N) is 1. The molecule has 1 aromatic rings. The minimum atomic E-state index is -0.243. The molecule has 0 atom stereocenters. The molecule has 0 spiro atoms. The summed E-state index contributed by atoms with van der Waals surface area (Å²) in [6.07, 6.45) is 2.20. The van der Waals surface area contributed by atoms with Gasteiger partial charge >= 0.3 is 0 Å². The number of carbonyl (C=O) groups excluding carboxylic acids is 1. The highest BCUT2D eigenvalue weighted by Gasteiger charge is 2.20. The smallest absolute Gasteiger partial charge is 0.259 e. The third kappa shape index (κ3) is 3.60. The van der Waals surface area contributed by atoms with Crippen LogP contribution in [0.25, 0.3) is 0 Å². The van der Waals surface area contributed by atoms with Gasteiger partial charge < -0.3 is 9.88 Å². The van der Waals surface area contributed by atoms with Crippen molar-refractivity contribution >= 4 is 17.5 Å². The molecule has 1 amide bonds. The van der Waals surface area contributed by atoms with E-state index in [-0.39, 0.29) is 22.9 Å². The van der Waals surface area contributed by atoms with Crippen LogP contribution < -0.4 is 5.43 Å². The number of hydrogen-bond acceptors (Lipinski definition) is 2. The Bertz CT molecular complexity index is 468. The molecule has 0 saturated carbocycles. The third-order valence-electron chi connectivity index (χ3n) is 2.70. The maximum atomic E-state index is 12.3. The van der Waals surface area contributed by atoms with Gasteiger partial charge in [0, 0.05) is 36.4 Å². The molecule has 1 rings (SSSR count). The van der Waals surface area contributed by atoms with E-state index in [1.165, 1.54) is 12.3 Å². The Morgan fingerprint density at radius 2 is 2.17 bits per heavy atom. The van der Waals surface area contributed by atoms with Crippen molar-refractivity contribution in [3.05, 3.63) is 33.7 Å². The SMILES string of the molecule is Cc1cc(=O)c(C(=O)N(CCCCl)C(C)C)c[nH]1. The summed E-state index contributed by atoms with van der Waals surface area (Å²) in [5, 5.41) is 0. The monoisotopic (exact) mass is 270 g/mol. The molecule has 1 N–H and O–H groups in total. The van der Waals surface area contributed by atoms with Gasteiger partial charge in [0.25, 0.3) is 5.91 Å². The average Bonchev–Trinajstić information content (AvgIpc) is 2.28. The molecule has 0 aliphatic rings. The fourth-order valence-corrected chi connectivity index (χ4v) is 1.84. The molecule has 0 saturated heterocycles. The molecule has 18 heavy (non-hydrogen) atoms. The predicted molar refractivity (Wildman–Crippen MR) is 73.3 cm³/mol. The molecule has 4 nitrogen and oxygen atoms in total. The van der Waals surface area contributed by atoms with E-state index in [0.717, 1.165) is 12.1 Å². The number of halogens is 1. The molecular weight excluding hydrogens is 252 g/mol. The first kappa shape index (κ1) is 14.8. The van der Waals surface area contributed by atoms with Crippen LogP contribution in [0.15, 0.2) is 17.1 Å². The highest BCUT2D eigenvalue weighted by molar-refractivity contribution is 6.17. The van der Waals surface area contributed by atoms with E-state index < -0.39 is 0 Å². The van der Waals surface area contributed by atoms with E-state index in [1.54, 1.807) is 11.8 Å². The second-order valence-corrected chi connectivity index (χ2v) is 4.91. The fraction of sp³-hybridized carbons (Fsp3) is 0.538. The first-order valence-corrected chi connectivity index (χ1v) is 6.57. The standard InChI is InChI=1S/C13H19ClN2O2/c1-9(2)16(6-4-5-14)13(18)11-8-15-10(3)7-12(11)17/h7-9H,4-6H2,1-3H3,(H,15,17). The highest BCUT2D eigenvalue weighted by Crippen LogP contribution is 2.06. The zero-order valence-electron chi connectivity index (χ0n) is 11.0. The second-order valence-electron chi connectivity index (χ2n) is 4.53. The summed E-state index contributed by atoms with van der Waals surface area (Å²) in [4.78, 5) is 28.6. The predicted octanol–water partition coefficient (Wildman–Crippen LogP) is 2.16. The number of hydrogen-bond donors (Lipinski definition) is 1. The second kappa shape index (κ2) is 6.59. The van der Waals surface area contributed by atoms with Gasteiger partial charge in [0.15, 0.2) is 5.43 Å². The maximum Gasteiger partial charge on any atom is 0.259 e. The number of amides is 1. The zero-order chi connectivity index (χ0) is 13.7. The molecule has 5 heteroatoms. The largest absolute Gasteiger partial charge is 0.364 e. The molecule has 0 unspecified atom stereocenters. The van der Waals surface area contributed by atoms with E-state index in [9.17, 15) is 9.59 Å². The first-order chi connectivity index (χ1) is 8.47. The molecule has 1 heterocycles. The summed E-state index contributed by atoms with van der Waals surface area (Å²) in [5.74, 6) is 0.261. The number of carbonyl (C=O) groups is 1. The molecule has 1 aromatic heterocycles. The van der Waals surface area contributed by atoms with Crippen LogP contribution in [0.2, 0.25) is 0 Å². The summed E-state index contributed by atoms with van der Waals surface area (Å²) in [5.41, 5.74) is 0.685. The summed E-state index contributed by atoms with van der Waals surface area (Å²) in [7, 11) is 0. The Hall–Kier alpha value is -1.29. The normalized spacial score (nSPS) is 10.7. The van der Waals surface area contributed by atoms with Gasteiger partial charge in [-0.15, -0.1) is 11.6 Å². The minimum Gasteiger partial charge on any atom is -0.364 e. The molecule has 0 aromatic carbocycles. The lowest BCUT2D eigenvalue weighted by Gasteiger charge is -2.26. The van der Waals surface area contributed by atoms with Gasteiger partial charge in [-0.3, -0.25) is 9.59 Å². The van der Waals surface area contributed by atoms with Gasteiger partial charge in [0.05, 0.1) is 0 Å². The molecule has 0 aliphatic heterocycles. The fourth-order valence-electron chi connectivity index (χ4n) is 1.72. The van der Waals surface area contributed by atoms with Crippen LogP contribution in [-0.4, -0.2) is 34.3 Å². The van der Waals surface area contributed by atoms with Crippen molar-refractivity contribution in [1.82, 2.24) is 9.88 Å². The summed E-state index contributed by atoms with van der Waals surface area (Å²) >= 11 is 5.65. The number of alkyl halides is 1. The van der Waals surface area contributed by atoms with Crippen LogP contribution in [0.3, 0.4) is 0 Å². The molecule has 0 radical (unpaired) electrons. The van der Waals surface area contributed by atoms with Crippen LogP contribution >= 0.6 is 11.6 Å². The van der Waals surface area contributed by atoms with E-state index in [2.05, 4.69) is 4.98 Å². The summed E-state index contributed by atoms with van der Waals surface area (Å²) in [6, 6.07) is 1.48. The molecule has 0 aliphatic carbocycles. The number of aromatic nitrogens is 1. The molecule has 0 bridgehead atoms. The zero-order valence-corrected chi connectivity index (χ0v) is 11.8. The van der Waals surface area contributed by atoms with Gasteiger partial charge in [0.2, 0.25) is 0 Å². The Morgan fingerprint density at radius 3 is 2.67 bits per heavy atom. The van der Waals surface area contributed by atoms with Crippen molar-refractivity contribution in [2.75, 3.05) is 12.4 Å². The Balaban J connectivity index is 2.98. The Labute approximate surface area is 112 Å². The van der Waals surface area contributed by atoms with E-state index in [1.807, 2.05) is 13.8 Å². The van der Waals surface area contributed by atoms with Crippen LogP contribution in [0.4, 0.5) is 0 Å². The quantitative estimate of drug-likeness (QED) is 0.834. The van der Waals surface area contributed by atoms with Crippen molar-refractivity contribution in [3.8, 4) is 0 Å². The molecular formula is C13H19ClN2O2. The van der Waals surface area contributed by atoms with Crippen molar-refractivity contribution in [2.45, 2.75) is 33.2 Å². The van der Waals surface area contributed by atoms with Gasteiger partial charge in [-0.05, 0) is 27.2 Å². The van der Waals surface area contributed by atoms with Crippen molar-refractivity contribution < 1.29 is 4.79 Å². The number of pyridine rings is 1. The lowest BCUT2D eigenvalue weighted by molar-refractivity contribution is 0.0704. The number of aryl methyl sites for hydroxylation is 1. The highest BCUT2D eigenvalue weighted by atomic mass is 35.5. The van der Waals surface area contributed by atoms with Crippen molar-refractivity contribution in [1.29, 1.82) is 0 Å². The lowest BCUT2D eigenvalue weighted by atomic mass is 10.2.